The summed E-state index contributed by atoms with van der Waals surface area (Å²) in [4.78, 5) is 52.0. The number of anilines is 1. The van der Waals surface area contributed by atoms with E-state index in [2.05, 4.69) is 0 Å². The SMILES string of the molecule is CCCOc1ccc(N2C(=O)C(=O)N(CC(=O)c3ccc(C)cc3)C2=O)cc1OCCC. The van der Waals surface area contributed by atoms with Crippen LogP contribution >= 0.6 is 0 Å². The molecule has 1 heterocycles. The number of hydrogen-bond acceptors (Lipinski definition) is 6. The molecule has 0 bridgehead atoms. The Morgan fingerprint density at radius 2 is 1.47 bits per heavy atom. The monoisotopic (exact) mass is 438 g/mol. The van der Waals surface area contributed by atoms with Crippen LogP contribution in [0.5, 0.6) is 11.5 Å². The number of benzene rings is 2. The van der Waals surface area contributed by atoms with Crippen molar-refractivity contribution in [3.8, 4) is 11.5 Å². The molecule has 1 saturated heterocycles. The quantitative estimate of drug-likeness (QED) is 0.319. The molecule has 2 aromatic rings. The molecule has 8 nitrogen and oxygen atoms in total. The van der Waals surface area contributed by atoms with E-state index < -0.39 is 30.2 Å². The van der Waals surface area contributed by atoms with Crippen LogP contribution in [-0.2, 0) is 9.59 Å². The van der Waals surface area contributed by atoms with E-state index in [4.69, 9.17) is 9.47 Å². The molecule has 8 heteroatoms. The average molecular weight is 438 g/mol. The first-order valence-electron chi connectivity index (χ1n) is 10.6. The van der Waals surface area contributed by atoms with Gasteiger partial charge in [-0.1, -0.05) is 43.7 Å². The molecule has 0 aromatic heterocycles. The smallest absolute Gasteiger partial charge is 0.339 e. The maximum absolute atomic E-state index is 12.9. The van der Waals surface area contributed by atoms with Crippen LogP contribution in [0.3, 0.4) is 0 Å². The van der Waals surface area contributed by atoms with Gasteiger partial charge in [-0.3, -0.25) is 14.4 Å². The summed E-state index contributed by atoms with van der Waals surface area (Å²) in [5.41, 5.74) is 1.51. The van der Waals surface area contributed by atoms with Crippen LogP contribution < -0.4 is 14.4 Å². The number of ketones is 1. The highest BCUT2D eigenvalue weighted by Crippen LogP contribution is 2.34. The Morgan fingerprint density at radius 1 is 0.844 bits per heavy atom. The van der Waals surface area contributed by atoms with Gasteiger partial charge in [0.25, 0.3) is 0 Å². The predicted molar refractivity (Wildman–Crippen MR) is 118 cm³/mol. The number of nitrogens with zero attached hydrogens (tertiary/aromatic N) is 2. The van der Waals surface area contributed by atoms with E-state index in [0.29, 0.717) is 35.2 Å². The fourth-order valence-corrected chi connectivity index (χ4v) is 3.14. The minimum atomic E-state index is -1.04. The van der Waals surface area contributed by atoms with Gasteiger partial charge in [0.1, 0.15) is 0 Å². The molecular formula is C24H26N2O6. The highest BCUT2D eigenvalue weighted by atomic mass is 16.5. The zero-order valence-electron chi connectivity index (χ0n) is 18.4. The zero-order chi connectivity index (χ0) is 23.3. The minimum absolute atomic E-state index is 0.175. The molecule has 168 valence electrons. The lowest BCUT2D eigenvalue weighted by atomic mass is 10.1. The fourth-order valence-electron chi connectivity index (χ4n) is 3.14. The minimum Gasteiger partial charge on any atom is -0.490 e. The number of amides is 4. The van der Waals surface area contributed by atoms with Crippen LogP contribution in [0.4, 0.5) is 10.5 Å². The van der Waals surface area contributed by atoms with Crippen LogP contribution in [-0.4, -0.2) is 48.3 Å². The molecule has 2 aromatic carbocycles. The fraction of sp³-hybridized carbons (Fsp3) is 0.333. The Labute approximate surface area is 186 Å². The molecule has 0 atom stereocenters. The molecule has 1 aliphatic heterocycles. The Balaban J connectivity index is 1.84. The average Bonchev–Trinajstić information content (AvgIpc) is 3.00. The molecule has 1 aliphatic rings. The lowest BCUT2D eigenvalue weighted by molar-refractivity contribution is -0.139. The normalized spacial score (nSPS) is 13.7. The molecule has 0 saturated carbocycles. The molecule has 0 aliphatic carbocycles. The number of ether oxygens (including phenoxy) is 2. The number of Topliss-reactive ketones (excluding diaryl/α,β-unsaturated/α-hetero) is 1. The third-order valence-corrected chi connectivity index (χ3v) is 4.84. The zero-order valence-corrected chi connectivity index (χ0v) is 18.4. The van der Waals surface area contributed by atoms with Gasteiger partial charge >= 0.3 is 17.8 Å². The van der Waals surface area contributed by atoms with Gasteiger partial charge in [0.2, 0.25) is 0 Å². The van der Waals surface area contributed by atoms with Crippen molar-refractivity contribution in [2.45, 2.75) is 33.6 Å². The Morgan fingerprint density at radius 3 is 2.09 bits per heavy atom. The molecule has 32 heavy (non-hydrogen) atoms. The van der Waals surface area contributed by atoms with Crippen molar-refractivity contribution in [3.05, 3.63) is 53.6 Å². The van der Waals surface area contributed by atoms with Gasteiger partial charge in [0, 0.05) is 11.6 Å². The van der Waals surface area contributed by atoms with Crippen molar-refractivity contribution >= 4 is 29.3 Å². The van der Waals surface area contributed by atoms with Crippen molar-refractivity contribution in [3.63, 3.8) is 0 Å². The molecule has 0 spiro atoms. The first kappa shape index (κ1) is 23.0. The van der Waals surface area contributed by atoms with Crippen LogP contribution in [0.1, 0.15) is 42.6 Å². The molecule has 3 rings (SSSR count). The van der Waals surface area contributed by atoms with E-state index in [9.17, 15) is 19.2 Å². The second-order valence-corrected chi connectivity index (χ2v) is 7.43. The number of imide groups is 2. The number of aryl methyl sites for hydroxylation is 1. The second kappa shape index (κ2) is 10.1. The van der Waals surface area contributed by atoms with Crippen molar-refractivity contribution < 1.29 is 28.7 Å². The highest BCUT2D eigenvalue weighted by molar-refractivity contribution is 6.53. The van der Waals surface area contributed by atoms with Gasteiger partial charge in [-0.15, -0.1) is 0 Å². The highest BCUT2D eigenvalue weighted by Gasteiger charge is 2.46. The molecule has 0 radical (unpaired) electrons. The summed E-state index contributed by atoms with van der Waals surface area (Å²) in [5, 5.41) is 0. The first-order valence-corrected chi connectivity index (χ1v) is 10.6. The van der Waals surface area contributed by atoms with Gasteiger partial charge in [0.05, 0.1) is 25.4 Å². The third kappa shape index (κ3) is 4.80. The lowest BCUT2D eigenvalue weighted by Gasteiger charge is -2.18. The number of rotatable bonds is 10. The predicted octanol–water partition coefficient (Wildman–Crippen LogP) is 3.75. The van der Waals surface area contributed by atoms with Crippen molar-refractivity contribution in [2.24, 2.45) is 0 Å². The molecule has 0 N–H and O–H groups in total. The summed E-state index contributed by atoms with van der Waals surface area (Å²) < 4.78 is 11.4. The molecule has 1 fully saturated rings. The van der Waals surface area contributed by atoms with E-state index in [-0.39, 0.29) is 5.69 Å². The molecular weight excluding hydrogens is 412 g/mol. The van der Waals surface area contributed by atoms with Gasteiger partial charge in [-0.05, 0) is 31.9 Å². The van der Waals surface area contributed by atoms with Crippen LogP contribution in [0.15, 0.2) is 42.5 Å². The Kier molecular flexibility index (Phi) is 7.25. The summed E-state index contributed by atoms with van der Waals surface area (Å²) >= 11 is 0. The maximum atomic E-state index is 12.9. The van der Waals surface area contributed by atoms with E-state index >= 15 is 0 Å². The van der Waals surface area contributed by atoms with Crippen molar-refractivity contribution in [2.75, 3.05) is 24.7 Å². The maximum Gasteiger partial charge on any atom is 0.339 e. The number of carbonyl (C=O) groups is 4. The van der Waals surface area contributed by atoms with Gasteiger partial charge in [0.15, 0.2) is 17.3 Å². The summed E-state index contributed by atoms with van der Waals surface area (Å²) in [5.74, 6) is -1.63. The van der Waals surface area contributed by atoms with E-state index in [1.165, 1.54) is 12.1 Å². The van der Waals surface area contributed by atoms with Gasteiger partial charge in [-0.25, -0.2) is 14.6 Å². The number of hydrogen-bond donors (Lipinski definition) is 0. The molecule has 4 amide bonds. The van der Waals surface area contributed by atoms with Crippen LogP contribution in [0.25, 0.3) is 0 Å². The van der Waals surface area contributed by atoms with Gasteiger partial charge < -0.3 is 9.47 Å². The van der Waals surface area contributed by atoms with Gasteiger partial charge in [-0.2, -0.15) is 0 Å². The first-order chi connectivity index (χ1) is 15.4. The van der Waals surface area contributed by atoms with Crippen molar-refractivity contribution in [1.29, 1.82) is 0 Å². The van der Waals surface area contributed by atoms with E-state index in [1.807, 2.05) is 20.8 Å². The van der Waals surface area contributed by atoms with Crippen molar-refractivity contribution in [1.82, 2.24) is 4.90 Å². The van der Waals surface area contributed by atoms with Crippen LogP contribution in [0.2, 0.25) is 0 Å². The summed E-state index contributed by atoms with van der Waals surface area (Å²) in [6.45, 7) is 6.20. The summed E-state index contributed by atoms with van der Waals surface area (Å²) in [6, 6.07) is 10.5. The standard InChI is InChI=1S/C24H26N2O6/c1-4-12-31-20-11-10-18(14-21(20)32-13-5-2)26-23(29)22(28)25(24(26)30)15-19(27)17-8-6-16(3)7-9-17/h6-11,14H,4-5,12-13,15H2,1-3H3. The summed E-state index contributed by atoms with van der Waals surface area (Å²) in [6.07, 6.45) is 1.56. The largest absolute Gasteiger partial charge is 0.490 e. The van der Waals surface area contributed by atoms with Crippen LogP contribution in [0, 0.1) is 6.92 Å². The number of urea groups is 1. The topological polar surface area (TPSA) is 93.2 Å². The molecule has 0 unspecified atom stereocenters. The van der Waals surface area contributed by atoms with E-state index in [0.717, 1.165) is 23.3 Å². The lowest BCUT2D eigenvalue weighted by Crippen LogP contribution is -2.37. The number of carbonyl (C=O) groups excluding carboxylic acids is 4. The third-order valence-electron chi connectivity index (χ3n) is 4.84. The Hall–Kier alpha value is -3.68. The summed E-state index contributed by atoms with van der Waals surface area (Å²) in [7, 11) is 0. The van der Waals surface area contributed by atoms with E-state index in [1.54, 1.807) is 30.3 Å². The second-order valence-electron chi connectivity index (χ2n) is 7.43. The Bertz CT molecular complexity index is 1030.